The highest BCUT2D eigenvalue weighted by atomic mass is 31.2. The van der Waals surface area contributed by atoms with Crippen molar-refractivity contribution in [2.75, 3.05) is 19.8 Å². The molecule has 2 aromatic carbocycles. The van der Waals surface area contributed by atoms with Crippen molar-refractivity contribution in [1.29, 1.82) is 0 Å². The quantitative estimate of drug-likeness (QED) is 0.0238. The van der Waals surface area contributed by atoms with Crippen LogP contribution < -0.4 is 5.32 Å². The number of alkyl carbamates (subject to hydrolysis) is 1. The molecule has 1 amide bonds. The summed E-state index contributed by atoms with van der Waals surface area (Å²) in [5, 5.41) is 2.75. The van der Waals surface area contributed by atoms with Crippen molar-refractivity contribution >= 4 is 26.6 Å². The fraction of sp³-hybridized carbons (Fsp3) is 0.646. The third kappa shape index (κ3) is 27.2. The van der Waals surface area contributed by atoms with Crippen LogP contribution in [0.5, 0.6) is 0 Å². The Bertz CT molecular complexity index is 1370. The van der Waals surface area contributed by atoms with Gasteiger partial charge in [-0.1, -0.05) is 138 Å². The highest BCUT2D eigenvalue weighted by Gasteiger charge is 2.29. The lowest BCUT2D eigenvalue weighted by atomic mass is 10.1. The van der Waals surface area contributed by atoms with Gasteiger partial charge in [0.15, 0.2) is 6.10 Å². The lowest BCUT2D eigenvalue weighted by molar-refractivity contribution is -0.161. The van der Waals surface area contributed by atoms with E-state index in [1.54, 1.807) is 0 Å². The Kier molecular flexibility index (Phi) is 30.2. The van der Waals surface area contributed by atoms with Crippen LogP contribution >= 0.6 is 8.53 Å². The number of rotatable bonds is 35. The van der Waals surface area contributed by atoms with Crippen molar-refractivity contribution in [2.45, 2.75) is 182 Å². The second-order valence-electron chi connectivity index (χ2n) is 15.8. The summed E-state index contributed by atoms with van der Waals surface area (Å²) in [6.07, 6.45) is 21.4. The number of carbonyl (C=O) groups is 3. The average Bonchev–Trinajstić information content (AvgIpc) is 3.23. The summed E-state index contributed by atoms with van der Waals surface area (Å²) in [5.41, 5.74) is 1.96. The molecule has 2 aromatic rings. The summed E-state index contributed by atoms with van der Waals surface area (Å²) in [7, 11) is -1.52. The van der Waals surface area contributed by atoms with Gasteiger partial charge in [-0.15, -0.1) is 0 Å². The minimum absolute atomic E-state index is 0.0356. The summed E-state index contributed by atoms with van der Waals surface area (Å²) in [6.45, 7) is 11.6. The van der Waals surface area contributed by atoms with E-state index in [2.05, 4.69) is 56.8 Å². The molecule has 1 N–H and O–H groups in total. The zero-order chi connectivity index (χ0) is 42.8. The first-order valence-electron chi connectivity index (χ1n) is 22.5. The van der Waals surface area contributed by atoms with Crippen LogP contribution in [0.3, 0.4) is 0 Å². The molecule has 2 rings (SSSR count). The highest BCUT2D eigenvalue weighted by molar-refractivity contribution is 7.44. The molecule has 2 atom stereocenters. The molecule has 11 heteroatoms. The second kappa shape index (κ2) is 34.4. The number of hydrogen-bond acceptors (Lipinski definition) is 9. The van der Waals surface area contributed by atoms with E-state index < -0.39 is 20.7 Å². The summed E-state index contributed by atoms with van der Waals surface area (Å²) >= 11 is 0. The van der Waals surface area contributed by atoms with Crippen LogP contribution in [0.25, 0.3) is 0 Å². The normalized spacial score (nSPS) is 12.6. The largest absolute Gasteiger partial charge is 0.462 e. The zero-order valence-corrected chi connectivity index (χ0v) is 38.0. The van der Waals surface area contributed by atoms with E-state index in [0.29, 0.717) is 32.4 Å². The topological polar surface area (TPSA) is 113 Å². The molecule has 0 aliphatic heterocycles. The molecule has 10 nitrogen and oxygen atoms in total. The number of amides is 1. The molecule has 0 heterocycles. The van der Waals surface area contributed by atoms with Crippen molar-refractivity contribution in [3.63, 3.8) is 0 Å². The molecular formula is C48H77N2O8P. The molecule has 0 spiro atoms. The molecule has 59 heavy (non-hydrogen) atoms. The number of esters is 2. The predicted octanol–water partition coefficient (Wildman–Crippen LogP) is 12.5. The Balaban J connectivity index is 1.80. The van der Waals surface area contributed by atoms with Gasteiger partial charge in [0, 0.05) is 31.5 Å². The lowest BCUT2D eigenvalue weighted by Gasteiger charge is -2.36. The lowest BCUT2D eigenvalue weighted by Crippen LogP contribution is -2.35. The Hall–Kier alpha value is -3.30. The molecule has 0 saturated carbocycles. The maximum absolute atomic E-state index is 13.1. The van der Waals surface area contributed by atoms with Crippen molar-refractivity contribution in [3.8, 4) is 0 Å². The molecule has 0 radical (unpaired) electrons. The van der Waals surface area contributed by atoms with Crippen molar-refractivity contribution in [1.82, 2.24) is 9.99 Å². The van der Waals surface area contributed by atoms with Gasteiger partial charge >= 0.3 is 18.0 Å². The minimum Gasteiger partial charge on any atom is -0.462 e. The number of allylic oxidation sites excluding steroid dienone is 2. The van der Waals surface area contributed by atoms with Crippen LogP contribution in [-0.4, -0.2) is 60.6 Å². The molecule has 332 valence electrons. The number of carbonyl (C=O) groups excluding carboxylic acids is 3. The first-order valence-corrected chi connectivity index (χ1v) is 23.6. The van der Waals surface area contributed by atoms with Gasteiger partial charge in [-0.05, 0) is 83.8 Å². The Morgan fingerprint density at radius 3 is 1.73 bits per heavy atom. The number of nitrogens with one attached hydrogen (secondary N) is 1. The maximum atomic E-state index is 13.1. The standard InChI is InChI=1S/C48H77N2O8P/c1-6-7-8-9-10-11-12-13-14-15-16-17-18-19-27-35-47(52)58-45(40-57-59(50(41(2)3)42(4)5)56-38-44-32-25-21-26-33-44)39-54-46(51)34-28-22-29-36-49-48(53)55-37-43-30-23-20-24-31-43/h13-14,20-21,23-26,30-33,41-42,45H,6-12,15-19,22,27-29,34-40H2,1-5H3,(H,49,53)/b14-13+/t45-,59?/m0/s1. The van der Waals surface area contributed by atoms with E-state index in [0.717, 1.165) is 49.7 Å². The molecule has 0 aliphatic carbocycles. The summed E-state index contributed by atoms with van der Waals surface area (Å²) < 4.78 is 31.7. The number of benzene rings is 2. The first kappa shape index (κ1) is 51.8. The van der Waals surface area contributed by atoms with E-state index in [1.165, 1.54) is 51.4 Å². The Labute approximate surface area is 358 Å². The molecule has 0 aliphatic rings. The number of nitrogens with zero attached hydrogens (tertiary/aromatic N) is 1. The summed E-state index contributed by atoms with van der Waals surface area (Å²) in [6, 6.07) is 19.8. The molecule has 0 aromatic heterocycles. The number of unbranched alkanes of at least 4 members (excludes halogenated alkanes) is 13. The van der Waals surface area contributed by atoms with Gasteiger partial charge in [-0.2, -0.15) is 0 Å². The molecule has 0 saturated heterocycles. The fourth-order valence-corrected chi connectivity index (χ4v) is 8.14. The molecular weight excluding hydrogens is 764 g/mol. The van der Waals surface area contributed by atoms with Gasteiger partial charge in [0.05, 0.1) is 13.2 Å². The smallest absolute Gasteiger partial charge is 0.407 e. The summed E-state index contributed by atoms with van der Waals surface area (Å²) in [4.78, 5) is 37.8. The van der Waals surface area contributed by atoms with Crippen LogP contribution in [0.4, 0.5) is 4.79 Å². The van der Waals surface area contributed by atoms with E-state index in [-0.39, 0.29) is 50.3 Å². The van der Waals surface area contributed by atoms with Gasteiger partial charge in [0.2, 0.25) is 0 Å². The van der Waals surface area contributed by atoms with Crippen molar-refractivity contribution < 1.29 is 37.6 Å². The molecule has 0 bridgehead atoms. The SMILES string of the molecule is CCCCCCCC/C=C/CCCCCCCC(=O)O[C@@H](COC(=O)CCCCCNC(=O)OCc1ccccc1)COP(OCc1ccccc1)N(C(C)C)C(C)C. The van der Waals surface area contributed by atoms with Gasteiger partial charge in [0.1, 0.15) is 13.2 Å². The van der Waals surface area contributed by atoms with E-state index >= 15 is 0 Å². The van der Waals surface area contributed by atoms with E-state index in [9.17, 15) is 14.4 Å². The van der Waals surface area contributed by atoms with Crippen LogP contribution in [0.15, 0.2) is 72.8 Å². The third-order valence-electron chi connectivity index (χ3n) is 9.71. The Morgan fingerprint density at radius 1 is 0.610 bits per heavy atom. The molecule has 0 fully saturated rings. The van der Waals surface area contributed by atoms with Gasteiger partial charge < -0.3 is 28.6 Å². The number of hydrogen-bond donors (Lipinski definition) is 1. The monoisotopic (exact) mass is 841 g/mol. The van der Waals surface area contributed by atoms with Crippen LogP contribution in [-0.2, 0) is 46.1 Å². The zero-order valence-electron chi connectivity index (χ0n) is 37.1. The predicted molar refractivity (Wildman–Crippen MR) is 240 cm³/mol. The third-order valence-corrected chi connectivity index (χ3v) is 11.7. The van der Waals surface area contributed by atoms with Crippen LogP contribution in [0.1, 0.15) is 161 Å². The van der Waals surface area contributed by atoms with Crippen LogP contribution in [0, 0.1) is 0 Å². The first-order chi connectivity index (χ1) is 28.7. The van der Waals surface area contributed by atoms with Crippen LogP contribution in [0.2, 0.25) is 0 Å². The van der Waals surface area contributed by atoms with Gasteiger partial charge in [-0.25, -0.2) is 9.46 Å². The maximum Gasteiger partial charge on any atom is 0.407 e. The molecule has 1 unspecified atom stereocenters. The average molecular weight is 841 g/mol. The number of ether oxygens (including phenoxy) is 3. The van der Waals surface area contributed by atoms with Gasteiger partial charge in [0.25, 0.3) is 8.53 Å². The van der Waals surface area contributed by atoms with E-state index in [1.807, 2.05) is 60.7 Å². The van der Waals surface area contributed by atoms with Crippen molar-refractivity contribution in [2.24, 2.45) is 0 Å². The van der Waals surface area contributed by atoms with Gasteiger partial charge in [-0.3, -0.25) is 9.59 Å². The summed E-state index contributed by atoms with van der Waals surface area (Å²) in [5.74, 6) is -0.687. The van der Waals surface area contributed by atoms with Crippen molar-refractivity contribution in [3.05, 3.63) is 83.9 Å². The minimum atomic E-state index is -1.52. The van der Waals surface area contributed by atoms with E-state index in [4.69, 9.17) is 23.3 Å². The highest BCUT2D eigenvalue weighted by Crippen LogP contribution is 2.46. The second-order valence-corrected chi connectivity index (χ2v) is 17.2. The fourth-order valence-electron chi connectivity index (χ4n) is 6.49. The Morgan fingerprint density at radius 2 is 1.14 bits per heavy atom.